The van der Waals surface area contributed by atoms with Crippen molar-refractivity contribution in [3.05, 3.63) is 0 Å². The summed E-state index contributed by atoms with van der Waals surface area (Å²) in [6.45, 7) is 11.1. The van der Waals surface area contributed by atoms with Crippen LogP contribution in [-0.2, 0) is 9.59 Å². The molecule has 0 aromatic heterocycles. The fraction of sp³-hybridized carbons (Fsp3) is 0.889. The summed E-state index contributed by atoms with van der Waals surface area (Å²) < 4.78 is 0. The summed E-state index contributed by atoms with van der Waals surface area (Å²) in [5, 5.41) is 23.9. The topological polar surface area (TPSA) is 102 Å². The van der Waals surface area contributed by atoms with Gasteiger partial charge in [0.2, 0.25) is 5.91 Å². The number of nitrogens with one attached hydrogen (secondary N) is 1. The Morgan fingerprint density at radius 3 is 2.03 bits per heavy atom. The largest absolute Gasteiger partial charge is 1.00 e. The maximum atomic E-state index is 12.2. The molecule has 0 aliphatic heterocycles. The molecule has 0 spiro atoms. The molecule has 1 amide bonds. The van der Waals surface area contributed by atoms with E-state index in [1.807, 2.05) is 6.92 Å². The molecule has 0 aromatic rings. The molecule has 0 fully saturated rings. The van der Waals surface area contributed by atoms with Crippen LogP contribution in [0.3, 0.4) is 0 Å². The van der Waals surface area contributed by atoms with Gasteiger partial charge in [-0.2, -0.15) is 0 Å². The maximum Gasteiger partial charge on any atom is 1.00 e. The van der Waals surface area contributed by atoms with Gasteiger partial charge in [-0.3, -0.25) is 4.79 Å². The average molecular weight is 507 g/mol. The third-order valence-electron chi connectivity index (χ3n) is 5.81. The Bertz CT molecular complexity index is 561. The predicted molar refractivity (Wildman–Crippen MR) is 135 cm³/mol. The Hall–Kier alpha value is 0.0464. The molecule has 2 atom stereocenters. The zero-order valence-electron chi connectivity index (χ0n) is 23.1. The molecule has 7 heteroatoms. The van der Waals surface area contributed by atoms with Crippen LogP contribution in [0.5, 0.6) is 0 Å². The molecule has 0 heterocycles. The molecule has 0 aliphatic rings. The van der Waals surface area contributed by atoms with Crippen molar-refractivity contribution >= 4 is 17.8 Å². The van der Waals surface area contributed by atoms with Crippen molar-refractivity contribution in [1.82, 2.24) is 5.32 Å². The van der Waals surface area contributed by atoms with Crippen molar-refractivity contribution in [3.8, 4) is 0 Å². The molecule has 2 N–H and O–H groups in total. The summed E-state index contributed by atoms with van der Waals surface area (Å²) >= 11 is 0. The van der Waals surface area contributed by atoms with Gasteiger partial charge in [-0.15, -0.1) is 0 Å². The molecule has 0 saturated heterocycles. The molecule has 6 nitrogen and oxygen atoms in total. The number of carboxylic acid groups (broad SMARTS) is 1. The van der Waals surface area contributed by atoms with Crippen LogP contribution in [0.4, 0.5) is 0 Å². The van der Waals surface area contributed by atoms with Crippen molar-refractivity contribution < 1.29 is 71.2 Å². The standard InChI is InChI=1S/C27H52N2O4.K/c1-6-7-8-9-10-11-12-13-14-18-24(30)28-19-16-15-17-23(26(32)33)29-25(31)20-22(2)21-27(3,4)5;/h22-23H,6-21H2,1-5H3,(H,28,30)(H,29,31)(H,32,33);/q;+1/p-1/t22?,23-;/m0./s1. The van der Waals surface area contributed by atoms with E-state index in [9.17, 15) is 19.8 Å². The number of unbranched alkanes of at least 4 members (excludes halogenated alkanes) is 9. The molecule has 34 heavy (non-hydrogen) atoms. The SMILES string of the molecule is CCCCCCCCCCCC([O-])=NCCCC[C@H](NC(=O)CC(C)CC(C)(C)C)C(=O)O.[K+]. The number of rotatable bonds is 20. The Kier molecular flexibility index (Phi) is 23.7. The van der Waals surface area contributed by atoms with E-state index in [4.69, 9.17) is 0 Å². The zero-order chi connectivity index (χ0) is 25.1. The fourth-order valence-electron chi connectivity index (χ4n) is 4.27. The van der Waals surface area contributed by atoms with E-state index < -0.39 is 12.0 Å². The van der Waals surface area contributed by atoms with E-state index in [1.54, 1.807) is 0 Å². The van der Waals surface area contributed by atoms with Crippen LogP contribution in [0, 0.1) is 11.3 Å². The van der Waals surface area contributed by atoms with Gasteiger partial charge < -0.3 is 20.5 Å². The molecule has 1 unspecified atom stereocenters. The molecule has 0 aliphatic carbocycles. The van der Waals surface area contributed by atoms with E-state index in [2.05, 4.69) is 38.0 Å². The van der Waals surface area contributed by atoms with Gasteiger partial charge >= 0.3 is 57.4 Å². The number of carboxylic acids is 1. The molecule has 0 radical (unpaired) electrons. The summed E-state index contributed by atoms with van der Waals surface area (Å²) in [4.78, 5) is 27.8. The molecule has 0 bridgehead atoms. The Morgan fingerprint density at radius 2 is 1.50 bits per heavy atom. The number of aliphatic imine (C=N–C) groups is 1. The van der Waals surface area contributed by atoms with Crippen molar-refractivity contribution in [2.24, 2.45) is 16.3 Å². The second kappa shape index (κ2) is 22.3. The first-order valence-electron chi connectivity index (χ1n) is 13.3. The number of amides is 1. The van der Waals surface area contributed by atoms with Crippen molar-refractivity contribution in [2.75, 3.05) is 6.54 Å². The van der Waals surface area contributed by atoms with E-state index >= 15 is 0 Å². The van der Waals surface area contributed by atoms with E-state index in [-0.39, 0.29) is 74.5 Å². The normalized spacial score (nSPS) is 13.7. The first kappa shape index (κ1) is 36.2. The van der Waals surface area contributed by atoms with Crippen LogP contribution in [0.15, 0.2) is 4.99 Å². The molecule has 0 rings (SSSR count). The minimum atomic E-state index is -1.01. The Morgan fingerprint density at radius 1 is 0.941 bits per heavy atom. The van der Waals surface area contributed by atoms with Crippen LogP contribution in [0.25, 0.3) is 0 Å². The first-order chi connectivity index (χ1) is 15.5. The van der Waals surface area contributed by atoms with Crippen molar-refractivity contribution in [3.63, 3.8) is 0 Å². The molecule has 194 valence electrons. The summed E-state index contributed by atoms with van der Waals surface area (Å²) in [5.41, 5.74) is 0.140. The summed E-state index contributed by atoms with van der Waals surface area (Å²) in [7, 11) is 0. The van der Waals surface area contributed by atoms with Gasteiger partial charge in [-0.25, -0.2) is 4.79 Å². The van der Waals surface area contributed by atoms with Crippen LogP contribution >= 0.6 is 0 Å². The minimum Gasteiger partial charge on any atom is -0.862 e. The third-order valence-corrected chi connectivity index (χ3v) is 5.81. The number of carbonyl (C=O) groups is 2. The Labute approximate surface area is 252 Å². The monoisotopic (exact) mass is 506 g/mol. The number of hydrogen-bond donors (Lipinski definition) is 2. The van der Waals surface area contributed by atoms with Gasteiger partial charge in [0.25, 0.3) is 0 Å². The van der Waals surface area contributed by atoms with Crippen LogP contribution in [0.1, 0.15) is 131 Å². The quantitative estimate of drug-likeness (QED) is 0.115. The molecular formula is C27H51KN2O4. The third kappa shape index (κ3) is 23.8. The van der Waals surface area contributed by atoms with Gasteiger partial charge in [0.1, 0.15) is 6.04 Å². The van der Waals surface area contributed by atoms with Crippen LogP contribution in [0.2, 0.25) is 0 Å². The smallest absolute Gasteiger partial charge is 0.862 e. The van der Waals surface area contributed by atoms with Gasteiger partial charge in [0, 0.05) is 13.0 Å². The molecular weight excluding hydrogens is 455 g/mol. The second-order valence-electron chi connectivity index (χ2n) is 10.9. The van der Waals surface area contributed by atoms with E-state index in [1.165, 1.54) is 44.9 Å². The number of aliphatic carboxylic acids is 1. The van der Waals surface area contributed by atoms with Crippen LogP contribution in [-0.4, -0.2) is 35.5 Å². The van der Waals surface area contributed by atoms with Crippen LogP contribution < -0.4 is 61.8 Å². The molecule has 0 saturated carbocycles. The maximum absolute atomic E-state index is 12.2. The van der Waals surface area contributed by atoms with Gasteiger partial charge in [-0.05, 0) is 55.8 Å². The van der Waals surface area contributed by atoms with Gasteiger partial charge in [-0.1, -0.05) is 86.0 Å². The number of carbonyl (C=O) groups excluding carboxylic acids is 1. The summed E-state index contributed by atoms with van der Waals surface area (Å²) in [6.07, 6.45) is 14.4. The predicted octanol–water partition coefficient (Wildman–Crippen LogP) is 2.87. The minimum absolute atomic E-state index is 0. The van der Waals surface area contributed by atoms with E-state index in [0.29, 0.717) is 38.6 Å². The number of hydrogen-bond acceptors (Lipinski definition) is 4. The van der Waals surface area contributed by atoms with Crippen molar-refractivity contribution in [1.29, 1.82) is 0 Å². The number of nitrogens with zero attached hydrogens (tertiary/aromatic N) is 1. The second-order valence-corrected chi connectivity index (χ2v) is 10.9. The fourth-order valence-corrected chi connectivity index (χ4v) is 4.27. The average Bonchev–Trinajstić information content (AvgIpc) is 2.69. The van der Waals surface area contributed by atoms with Crippen molar-refractivity contribution in [2.45, 2.75) is 137 Å². The first-order valence-corrected chi connectivity index (χ1v) is 13.3. The Balaban J connectivity index is 0. The van der Waals surface area contributed by atoms with Gasteiger partial charge in [0.15, 0.2) is 0 Å². The molecule has 0 aromatic carbocycles. The zero-order valence-corrected chi connectivity index (χ0v) is 26.2. The van der Waals surface area contributed by atoms with E-state index in [0.717, 1.165) is 19.3 Å². The van der Waals surface area contributed by atoms with Gasteiger partial charge in [0.05, 0.1) is 0 Å². The summed E-state index contributed by atoms with van der Waals surface area (Å²) in [6, 6.07) is -0.878. The summed E-state index contributed by atoms with van der Waals surface area (Å²) in [5.74, 6) is -1.06.